The number of rotatable bonds is 20. The molecule has 15 atom stereocenters. The molecule has 0 unspecified atom stereocenters. The third-order valence-corrected chi connectivity index (χ3v) is 10.5. The van der Waals surface area contributed by atoms with Crippen LogP contribution in [0.15, 0.2) is 34.0 Å². The first-order chi connectivity index (χ1) is 27.2. The molecular formula is C37H60N4O16. The number of aliphatic hydroxyl groups is 8. The van der Waals surface area contributed by atoms with Gasteiger partial charge in [-0.15, -0.1) is 0 Å². The highest BCUT2D eigenvalue weighted by molar-refractivity contribution is 5.87. The highest BCUT2D eigenvalue weighted by atomic mass is 16.8. The lowest BCUT2D eigenvalue weighted by Crippen LogP contribution is -2.68. The van der Waals surface area contributed by atoms with E-state index >= 15 is 0 Å². The van der Waals surface area contributed by atoms with Crippen molar-refractivity contribution in [2.75, 3.05) is 6.61 Å². The van der Waals surface area contributed by atoms with Crippen molar-refractivity contribution in [3.05, 3.63) is 45.3 Å². The zero-order valence-corrected chi connectivity index (χ0v) is 32.2. The Balaban J connectivity index is 1.48. The summed E-state index contributed by atoms with van der Waals surface area (Å²) in [4.78, 5) is 51.0. The molecular weight excluding hydrogens is 756 g/mol. The van der Waals surface area contributed by atoms with E-state index in [0.717, 1.165) is 49.4 Å². The van der Waals surface area contributed by atoms with Crippen molar-refractivity contribution in [2.45, 2.75) is 176 Å². The highest BCUT2D eigenvalue weighted by Crippen LogP contribution is 2.34. The molecule has 3 saturated heterocycles. The maximum absolute atomic E-state index is 13.1. The number of unbranched alkanes of at least 4 members (excludes halogenated alkanes) is 9. The second-order valence-electron chi connectivity index (χ2n) is 14.9. The summed E-state index contributed by atoms with van der Waals surface area (Å²) in [5, 5.41) is 91.3. The van der Waals surface area contributed by atoms with Crippen LogP contribution in [0.2, 0.25) is 0 Å². The van der Waals surface area contributed by atoms with Crippen molar-refractivity contribution in [3.63, 3.8) is 0 Å². The number of ether oxygens (including phenoxy) is 4. The van der Waals surface area contributed by atoms with E-state index in [1.807, 2.05) is 4.98 Å². The second-order valence-corrected chi connectivity index (χ2v) is 14.9. The van der Waals surface area contributed by atoms with Gasteiger partial charge in [-0.2, -0.15) is 0 Å². The van der Waals surface area contributed by atoms with Crippen LogP contribution in [-0.4, -0.2) is 155 Å². The van der Waals surface area contributed by atoms with Gasteiger partial charge in [-0.1, -0.05) is 64.4 Å². The molecule has 3 aliphatic rings. The van der Waals surface area contributed by atoms with E-state index in [1.54, 1.807) is 6.08 Å². The minimum absolute atomic E-state index is 0.597. The van der Waals surface area contributed by atoms with Gasteiger partial charge in [0.15, 0.2) is 18.8 Å². The second kappa shape index (κ2) is 22.3. The lowest BCUT2D eigenvalue weighted by molar-refractivity contribution is -0.346. The average Bonchev–Trinajstić information content (AvgIpc) is 3.46. The van der Waals surface area contributed by atoms with E-state index < -0.39 is 128 Å². The molecule has 0 aromatic carbocycles. The Labute approximate surface area is 329 Å². The van der Waals surface area contributed by atoms with E-state index in [1.165, 1.54) is 38.2 Å². The molecule has 20 nitrogen and oxygen atoms in total. The minimum atomic E-state index is -1.85. The van der Waals surface area contributed by atoms with E-state index in [-0.39, 0.29) is 0 Å². The zero-order chi connectivity index (χ0) is 41.8. The molecule has 3 fully saturated rings. The van der Waals surface area contributed by atoms with Gasteiger partial charge >= 0.3 is 5.69 Å². The number of aromatic nitrogens is 2. The minimum Gasteiger partial charge on any atom is -0.394 e. The van der Waals surface area contributed by atoms with Crippen molar-refractivity contribution < 1.29 is 69.4 Å². The predicted molar refractivity (Wildman–Crippen MR) is 198 cm³/mol. The van der Waals surface area contributed by atoms with Crippen LogP contribution in [0, 0.1) is 0 Å². The van der Waals surface area contributed by atoms with Crippen LogP contribution < -0.4 is 21.9 Å². The summed E-state index contributed by atoms with van der Waals surface area (Å²) in [6, 6.07) is -2.01. The Morgan fingerprint density at radius 1 is 0.825 bits per heavy atom. The number of aliphatic hydroxyl groups excluding tert-OH is 8. The van der Waals surface area contributed by atoms with Gasteiger partial charge in [0.25, 0.3) is 5.56 Å². The van der Waals surface area contributed by atoms with Crippen molar-refractivity contribution in [1.82, 2.24) is 20.2 Å². The number of aromatic amines is 1. The maximum atomic E-state index is 13.1. The molecule has 2 amide bonds. The van der Waals surface area contributed by atoms with Crippen LogP contribution in [0.4, 0.5) is 0 Å². The summed E-state index contributed by atoms with van der Waals surface area (Å²) < 4.78 is 24.1. The van der Waals surface area contributed by atoms with Gasteiger partial charge in [0.05, 0.1) is 18.8 Å². The van der Waals surface area contributed by atoms with Gasteiger partial charge < -0.3 is 70.4 Å². The van der Waals surface area contributed by atoms with Crippen LogP contribution in [0.5, 0.6) is 0 Å². The summed E-state index contributed by atoms with van der Waals surface area (Å²) in [6.45, 7) is 2.52. The number of hydrogen-bond donors (Lipinski definition) is 11. The van der Waals surface area contributed by atoms with E-state index in [0.29, 0.717) is 6.42 Å². The summed E-state index contributed by atoms with van der Waals surface area (Å²) in [5.41, 5.74) is -1.68. The summed E-state index contributed by atoms with van der Waals surface area (Å²) in [7, 11) is 0. The van der Waals surface area contributed by atoms with Crippen molar-refractivity contribution in [1.29, 1.82) is 0 Å². The molecule has 0 bridgehead atoms. The Hall–Kier alpha value is -3.12. The smallest absolute Gasteiger partial charge is 0.330 e. The Kier molecular flexibility index (Phi) is 18.2. The fourth-order valence-corrected chi connectivity index (χ4v) is 7.32. The first-order valence-corrected chi connectivity index (χ1v) is 19.7. The largest absolute Gasteiger partial charge is 0.394 e. The molecule has 0 saturated carbocycles. The molecule has 4 heterocycles. The third-order valence-electron chi connectivity index (χ3n) is 10.5. The van der Waals surface area contributed by atoms with E-state index in [9.17, 15) is 60.0 Å². The van der Waals surface area contributed by atoms with Crippen molar-refractivity contribution in [3.8, 4) is 0 Å². The predicted octanol–water partition coefficient (Wildman–Crippen LogP) is -2.72. The molecule has 1 aromatic rings. The van der Waals surface area contributed by atoms with Gasteiger partial charge in [-0.05, 0) is 18.9 Å². The van der Waals surface area contributed by atoms with Crippen LogP contribution in [0.3, 0.4) is 0 Å². The first-order valence-electron chi connectivity index (χ1n) is 19.7. The third kappa shape index (κ3) is 12.4. The van der Waals surface area contributed by atoms with E-state index in [4.69, 9.17) is 18.9 Å². The van der Waals surface area contributed by atoms with Crippen LogP contribution in [0.1, 0.15) is 90.7 Å². The lowest BCUT2D eigenvalue weighted by atomic mass is 9.91. The summed E-state index contributed by atoms with van der Waals surface area (Å²) in [6.07, 6.45) is -7.70. The van der Waals surface area contributed by atoms with Gasteiger partial charge in [-0.25, -0.2) is 4.79 Å². The quantitative estimate of drug-likeness (QED) is 0.0470. The zero-order valence-electron chi connectivity index (χ0n) is 32.2. The molecule has 324 valence electrons. The fraction of sp³-hybridized carbons (Fsp3) is 0.784. The Morgan fingerprint density at radius 3 is 2.00 bits per heavy atom. The molecule has 57 heavy (non-hydrogen) atoms. The average molecular weight is 817 g/mol. The number of carbonyl (C=O) groups is 2. The molecule has 0 aliphatic carbocycles. The SMILES string of the molecule is CCCCCCCCCCC/C=C/C(=O)N[C@@H]1[C@H](O[C@@H]2O[C@H](CO)[C@H](O)[C@H](O)[C@@H]2NC(C)=O)O[C@H](C[C@H](O)[C@@H]2O[C@H](n3ccc(=O)[nH]c3=O)[C@H](O)[C@@H]2O)[C@@H](O)[C@H]1O. The van der Waals surface area contributed by atoms with Crippen molar-refractivity contribution in [2.24, 2.45) is 0 Å². The number of carbonyl (C=O) groups excluding carboxylic acids is 2. The lowest BCUT2D eigenvalue weighted by Gasteiger charge is -2.47. The molecule has 0 spiro atoms. The Morgan fingerprint density at radius 2 is 1.40 bits per heavy atom. The van der Waals surface area contributed by atoms with Crippen LogP contribution in [0.25, 0.3) is 0 Å². The molecule has 1 aromatic heterocycles. The standard InChI is InChI=1S/C37H60N4O16/c1-3-4-5-6-7-8-9-10-11-12-13-14-23(45)39-26-30(50)27(47)21(54-36(26)57-35-25(38-19(2)43)29(49)28(48)22(18-42)55-35)17-20(44)33-31(51)32(52)34(56-33)41-16-15-24(46)40-37(41)53/h13-16,20-22,25-36,42,44,47-52H,3-12,17-18H2,1-2H3,(H,38,43)(H,39,45)(H,40,46,53)/b14-13+/t20-,21+,22+,25-,26-,27+,28-,29+,30-,31-,32+,33-,34-,35-,36-/m0/s1. The molecule has 3 aliphatic heterocycles. The number of amides is 2. The van der Waals surface area contributed by atoms with Gasteiger partial charge in [-0.3, -0.25) is 23.9 Å². The topological polar surface area (TPSA) is 312 Å². The number of nitrogens with one attached hydrogen (secondary N) is 3. The molecule has 4 rings (SSSR count). The number of allylic oxidation sites excluding steroid dienone is 1. The normalized spacial score (nSPS) is 35.0. The van der Waals surface area contributed by atoms with Gasteiger partial charge in [0.2, 0.25) is 11.8 Å². The van der Waals surface area contributed by atoms with E-state index in [2.05, 4.69) is 17.6 Å². The van der Waals surface area contributed by atoms with Crippen LogP contribution >= 0.6 is 0 Å². The molecule has 11 N–H and O–H groups in total. The van der Waals surface area contributed by atoms with Crippen molar-refractivity contribution >= 4 is 11.8 Å². The first kappa shape index (κ1) is 46.6. The number of hydrogen-bond acceptors (Lipinski definition) is 16. The van der Waals surface area contributed by atoms with Crippen LogP contribution in [-0.2, 0) is 28.5 Å². The fourth-order valence-electron chi connectivity index (χ4n) is 7.32. The highest BCUT2D eigenvalue weighted by Gasteiger charge is 2.53. The monoisotopic (exact) mass is 816 g/mol. The summed E-state index contributed by atoms with van der Waals surface area (Å²) >= 11 is 0. The maximum Gasteiger partial charge on any atom is 0.330 e. The summed E-state index contributed by atoms with van der Waals surface area (Å²) in [5.74, 6) is -1.35. The Bertz CT molecular complexity index is 1560. The van der Waals surface area contributed by atoms with Gasteiger partial charge in [0.1, 0.15) is 60.9 Å². The molecule has 20 heteroatoms. The number of H-pyrrole nitrogens is 1. The number of nitrogens with zero attached hydrogens (tertiary/aromatic N) is 1. The molecule has 0 radical (unpaired) electrons. The van der Waals surface area contributed by atoms with Gasteiger partial charge in [0, 0.05) is 25.6 Å².